The average molecular weight is 236 g/mol. The third kappa shape index (κ3) is 20.7. The Labute approximate surface area is 113 Å². The second-order valence-corrected chi connectivity index (χ2v) is 1.92. The molecule has 0 heterocycles. The van der Waals surface area contributed by atoms with Crippen molar-refractivity contribution in [2.24, 2.45) is 0 Å². The zero-order valence-corrected chi connectivity index (χ0v) is 11.2. The first-order valence-corrected chi connectivity index (χ1v) is 4.75. The summed E-state index contributed by atoms with van der Waals surface area (Å²) in [5.74, 6) is 0. The van der Waals surface area contributed by atoms with Gasteiger partial charge in [0.1, 0.15) is 0 Å². The molecule has 0 aliphatic heterocycles. The van der Waals surface area contributed by atoms with Crippen LogP contribution in [0.15, 0.2) is 0 Å². The predicted octanol–water partition coefficient (Wildman–Crippen LogP) is 3.72. The molecule has 1 heteroatoms. The smallest absolute Gasteiger partial charge is 0.346 e. The van der Waals surface area contributed by atoms with Gasteiger partial charge >= 0.3 is 21.7 Å². The van der Waals surface area contributed by atoms with E-state index in [9.17, 15) is 0 Å². The maximum absolute atomic E-state index is 3.25. The second kappa shape index (κ2) is 24.1. The summed E-state index contributed by atoms with van der Waals surface area (Å²) in [6, 6.07) is 0. The van der Waals surface area contributed by atoms with Gasteiger partial charge in [0.15, 0.2) is 0 Å². The minimum atomic E-state index is 0. The minimum Gasteiger partial charge on any atom is -0.346 e. The molecule has 2 saturated carbocycles. The van der Waals surface area contributed by atoms with Crippen LogP contribution in [0.4, 0.5) is 0 Å². The van der Waals surface area contributed by atoms with Gasteiger partial charge in [0.25, 0.3) is 0 Å². The Morgan fingerprint density at radius 1 is 0.400 bits per heavy atom. The molecule has 0 N–H and O–H groups in total. The third-order valence-electron chi connectivity index (χ3n) is 1.11. The van der Waals surface area contributed by atoms with Crippen LogP contribution < -0.4 is 0 Å². The van der Waals surface area contributed by atoms with E-state index in [4.69, 9.17) is 0 Å². The summed E-state index contributed by atoms with van der Waals surface area (Å²) in [7, 11) is 0. The van der Waals surface area contributed by atoms with Crippen molar-refractivity contribution in [3.63, 3.8) is 0 Å². The zero-order valence-electron chi connectivity index (χ0n) is 9.69. The molecule has 0 atom stereocenters. The summed E-state index contributed by atoms with van der Waals surface area (Å²) >= 11 is 0. The van der Waals surface area contributed by atoms with E-state index in [0.717, 1.165) is 0 Å². The molecule has 2 rings (SSSR count). The molecule has 15 heavy (non-hydrogen) atoms. The Hall–Kier alpha value is 0.714. The molecule has 0 aromatic heterocycles. The van der Waals surface area contributed by atoms with E-state index < -0.39 is 0 Å². The molecule has 0 nitrogen and oxygen atoms in total. The van der Waals surface area contributed by atoms with Crippen molar-refractivity contribution >= 4 is 0 Å². The first-order valence-electron chi connectivity index (χ1n) is 4.75. The van der Waals surface area contributed by atoms with Crippen molar-refractivity contribution in [2.45, 2.75) is 13.8 Å². The average Bonchev–Trinajstić information content (AvgIpc) is 3.01. The van der Waals surface area contributed by atoms with Gasteiger partial charge in [0.2, 0.25) is 0 Å². The SMILES string of the molecule is [CH2-]C.[CH2-]C.[CH]1[CH][CH][CH][CH]1.[CH]1[CH][CH][CH][CH]1.[Ti+4]. The van der Waals surface area contributed by atoms with E-state index in [1.165, 1.54) is 0 Å². The molecule has 2 aliphatic rings. The molecule has 0 spiro atoms. The van der Waals surface area contributed by atoms with Crippen LogP contribution in [0.1, 0.15) is 13.8 Å². The van der Waals surface area contributed by atoms with Gasteiger partial charge in [-0.1, -0.05) is 0 Å². The van der Waals surface area contributed by atoms with Crippen molar-refractivity contribution in [2.75, 3.05) is 0 Å². The monoisotopic (exact) mass is 236 g/mol. The second-order valence-electron chi connectivity index (χ2n) is 1.92. The fourth-order valence-corrected chi connectivity index (χ4v) is 0.642. The fourth-order valence-electron chi connectivity index (χ4n) is 0.642. The first kappa shape index (κ1) is 21.0. The van der Waals surface area contributed by atoms with Gasteiger partial charge in [-0.15, -0.1) is 0 Å². The molecule has 2 aliphatic carbocycles. The summed E-state index contributed by atoms with van der Waals surface area (Å²) in [5, 5.41) is 0. The minimum absolute atomic E-state index is 0. The van der Waals surface area contributed by atoms with Crippen molar-refractivity contribution in [1.29, 1.82) is 0 Å². The number of hydrogen-bond donors (Lipinski definition) is 0. The summed E-state index contributed by atoms with van der Waals surface area (Å²) in [4.78, 5) is 0. The van der Waals surface area contributed by atoms with Crippen molar-refractivity contribution < 1.29 is 21.7 Å². The largest absolute Gasteiger partial charge is 4.00 e. The maximum Gasteiger partial charge on any atom is 4.00 e. The van der Waals surface area contributed by atoms with Crippen LogP contribution in [0.2, 0.25) is 0 Å². The quantitative estimate of drug-likeness (QED) is 0.444. The number of rotatable bonds is 0. The van der Waals surface area contributed by atoms with Gasteiger partial charge in [0.05, 0.1) is 0 Å². The van der Waals surface area contributed by atoms with Gasteiger partial charge in [0, 0.05) is 0 Å². The van der Waals surface area contributed by atoms with E-state index in [2.05, 4.69) is 13.8 Å². The van der Waals surface area contributed by atoms with Gasteiger partial charge in [-0.3, -0.25) is 0 Å². The normalized spacial score (nSPS) is 16.8. The first-order chi connectivity index (χ1) is 7.00. The van der Waals surface area contributed by atoms with E-state index >= 15 is 0 Å². The molecule has 0 amide bonds. The summed E-state index contributed by atoms with van der Waals surface area (Å²) in [5.41, 5.74) is 0. The van der Waals surface area contributed by atoms with E-state index in [1.54, 1.807) is 13.8 Å². The molecule has 0 saturated heterocycles. The van der Waals surface area contributed by atoms with Crippen molar-refractivity contribution in [3.05, 3.63) is 78.1 Å². The van der Waals surface area contributed by atoms with E-state index in [1.807, 2.05) is 64.2 Å². The molecule has 2 fully saturated rings. The molecule has 0 unspecified atom stereocenters. The molecular formula is C14H20Ti+2. The Bertz CT molecular complexity index is 38.5. The Morgan fingerprint density at radius 2 is 0.467 bits per heavy atom. The fraction of sp³-hybridized carbons (Fsp3) is 0.143. The standard InChI is InChI=1S/2C5H5.2C2H5.Ti/c2*1-2-4-5-3-1;2*1-2;/h2*1-5H;2*1H2,2H3;/q;;2*-1;+4. The summed E-state index contributed by atoms with van der Waals surface area (Å²) < 4.78 is 0. The summed E-state index contributed by atoms with van der Waals surface area (Å²) in [6.45, 7) is 10.0. The van der Waals surface area contributed by atoms with Crippen LogP contribution >= 0.6 is 0 Å². The molecule has 78 valence electrons. The Morgan fingerprint density at radius 3 is 0.533 bits per heavy atom. The molecular weight excluding hydrogens is 216 g/mol. The molecule has 0 aromatic carbocycles. The van der Waals surface area contributed by atoms with Gasteiger partial charge in [-0.05, 0) is 64.2 Å². The van der Waals surface area contributed by atoms with Crippen LogP contribution in [0, 0.1) is 78.1 Å². The van der Waals surface area contributed by atoms with Crippen molar-refractivity contribution in [1.82, 2.24) is 0 Å². The van der Waals surface area contributed by atoms with E-state index in [0.29, 0.717) is 0 Å². The Kier molecular flexibility index (Phi) is 33.8. The molecule has 10 radical (unpaired) electrons. The molecule has 0 bridgehead atoms. The van der Waals surface area contributed by atoms with Crippen LogP contribution in [0.5, 0.6) is 0 Å². The van der Waals surface area contributed by atoms with Crippen LogP contribution in [-0.4, -0.2) is 0 Å². The third-order valence-corrected chi connectivity index (χ3v) is 1.11. The van der Waals surface area contributed by atoms with Gasteiger partial charge < -0.3 is 13.8 Å². The Balaban J connectivity index is -0.000000138. The van der Waals surface area contributed by atoms with E-state index in [-0.39, 0.29) is 21.7 Å². The van der Waals surface area contributed by atoms with Crippen LogP contribution in [0.25, 0.3) is 0 Å². The van der Waals surface area contributed by atoms with Crippen molar-refractivity contribution in [3.8, 4) is 0 Å². The summed E-state index contributed by atoms with van der Waals surface area (Å²) in [6.07, 6.45) is 20.0. The maximum atomic E-state index is 3.25. The van der Waals surface area contributed by atoms with Gasteiger partial charge in [-0.25, -0.2) is 0 Å². The van der Waals surface area contributed by atoms with Gasteiger partial charge in [-0.2, -0.15) is 13.8 Å². The predicted molar refractivity (Wildman–Crippen MR) is 65.1 cm³/mol. The topological polar surface area (TPSA) is 0 Å². The number of hydrogen-bond acceptors (Lipinski definition) is 0. The molecule has 0 aromatic rings. The van der Waals surface area contributed by atoms with Crippen LogP contribution in [0.3, 0.4) is 0 Å². The zero-order chi connectivity index (χ0) is 11.1. The van der Waals surface area contributed by atoms with Crippen LogP contribution in [-0.2, 0) is 21.7 Å².